The molecule has 1 saturated heterocycles. The number of rotatable bonds is 3. The van der Waals surface area contributed by atoms with Crippen LogP contribution in [0.2, 0.25) is 0 Å². The van der Waals surface area contributed by atoms with Crippen LogP contribution in [0.25, 0.3) is 0 Å². The summed E-state index contributed by atoms with van der Waals surface area (Å²) >= 11 is 0. The van der Waals surface area contributed by atoms with Crippen LogP contribution in [-0.4, -0.2) is 45.2 Å². The smallest absolute Gasteiger partial charge is 0.246 e. The summed E-state index contributed by atoms with van der Waals surface area (Å²) in [5, 5.41) is 5.66. The molecule has 2 aliphatic heterocycles. The van der Waals surface area contributed by atoms with Crippen molar-refractivity contribution in [1.29, 1.82) is 0 Å². The van der Waals surface area contributed by atoms with Crippen molar-refractivity contribution in [3.05, 3.63) is 48.1 Å². The van der Waals surface area contributed by atoms with Gasteiger partial charge < -0.3 is 4.90 Å². The van der Waals surface area contributed by atoms with Gasteiger partial charge in [-0.05, 0) is 24.5 Å². The van der Waals surface area contributed by atoms with Gasteiger partial charge >= 0.3 is 0 Å². The number of carbonyl (C=O) groups is 1. The average Bonchev–Trinajstić information content (AvgIpc) is 3.18. The number of piperidine rings is 1. The van der Waals surface area contributed by atoms with Gasteiger partial charge in [-0.1, -0.05) is 0 Å². The van der Waals surface area contributed by atoms with Crippen molar-refractivity contribution in [2.75, 3.05) is 18.0 Å². The van der Waals surface area contributed by atoms with E-state index in [0.29, 0.717) is 43.9 Å². The van der Waals surface area contributed by atoms with Crippen LogP contribution in [0.4, 0.5) is 14.7 Å². The van der Waals surface area contributed by atoms with Gasteiger partial charge in [0, 0.05) is 37.8 Å². The number of amides is 1. The van der Waals surface area contributed by atoms with E-state index in [1.807, 2.05) is 4.90 Å². The minimum absolute atomic E-state index is 0.0716. The molecular weight excluding hydrogens is 354 g/mol. The second-order valence-electron chi connectivity index (χ2n) is 6.63. The Labute approximate surface area is 154 Å². The van der Waals surface area contributed by atoms with Gasteiger partial charge in [0.1, 0.15) is 5.82 Å². The van der Waals surface area contributed by atoms with Crippen molar-refractivity contribution in [2.24, 2.45) is 11.0 Å². The lowest BCUT2D eigenvalue weighted by Crippen LogP contribution is -2.41. The molecule has 140 valence electrons. The van der Waals surface area contributed by atoms with Gasteiger partial charge in [-0.25, -0.2) is 23.8 Å². The van der Waals surface area contributed by atoms with Gasteiger partial charge in [-0.15, -0.1) is 0 Å². The number of pyridine rings is 1. The summed E-state index contributed by atoms with van der Waals surface area (Å²) in [6.45, 7) is 1.21. The molecule has 0 spiro atoms. The Balaban J connectivity index is 1.41. The maximum Gasteiger partial charge on any atom is 0.246 e. The summed E-state index contributed by atoms with van der Waals surface area (Å²) in [6, 6.07) is 1.07. The fraction of sp³-hybridized carbons (Fsp3) is 0.389. The van der Waals surface area contributed by atoms with Crippen LogP contribution in [0, 0.1) is 17.6 Å². The summed E-state index contributed by atoms with van der Waals surface area (Å²) in [6.07, 6.45) is 8.44. The Morgan fingerprint density at radius 3 is 2.48 bits per heavy atom. The van der Waals surface area contributed by atoms with E-state index in [9.17, 15) is 13.6 Å². The lowest BCUT2D eigenvalue weighted by Gasteiger charge is -2.33. The largest absolute Gasteiger partial charge is 0.341 e. The maximum absolute atomic E-state index is 13.5. The van der Waals surface area contributed by atoms with Crippen LogP contribution in [0.5, 0.6) is 0 Å². The molecule has 27 heavy (non-hydrogen) atoms. The zero-order valence-corrected chi connectivity index (χ0v) is 14.5. The van der Waals surface area contributed by atoms with E-state index >= 15 is 0 Å². The molecular formula is C18H18F2N6O. The standard InChI is InChI=1S/C18H18F2N6O/c19-14-7-13(8-21-9-14)16-1-4-24-26(16)17(27)12-2-5-25(6-3-12)18-22-10-15(20)11-23-18/h4,7-12,16H,1-3,5-6H2. The van der Waals surface area contributed by atoms with Crippen molar-refractivity contribution in [1.82, 2.24) is 20.0 Å². The number of hydrazone groups is 1. The number of hydrogen-bond acceptors (Lipinski definition) is 6. The van der Waals surface area contributed by atoms with Gasteiger partial charge in [0.2, 0.25) is 11.9 Å². The third-order valence-electron chi connectivity index (χ3n) is 4.90. The average molecular weight is 372 g/mol. The minimum Gasteiger partial charge on any atom is -0.341 e. The number of halogens is 2. The predicted molar refractivity (Wildman–Crippen MR) is 93.8 cm³/mol. The fourth-order valence-electron chi connectivity index (χ4n) is 3.50. The van der Waals surface area contributed by atoms with Crippen LogP contribution >= 0.6 is 0 Å². The van der Waals surface area contributed by atoms with Crippen LogP contribution in [0.15, 0.2) is 36.0 Å². The molecule has 4 rings (SSSR count). The van der Waals surface area contributed by atoms with Gasteiger partial charge in [0.25, 0.3) is 0 Å². The quantitative estimate of drug-likeness (QED) is 0.827. The molecule has 0 bridgehead atoms. The molecule has 2 aromatic heterocycles. The van der Waals surface area contributed by atoms with E-state index in [4.69, 9.17) is 0 Å². The van der Waals surface area contributed by atoms with E-state index in [1.54, 1.807) is 12.4 Å². The molecule has 4 heterocycles. The summed E-state index contributed by atoms with van der Waals surface area (Å²) in [7, 11) is 0. The number of anilines is 1. The molecule has 0 aromatic carbocycles. The van der Waals surface area contributed by atoms with Crippen molar-refractivity contribution in [3.8, 4) is 0 Å². The first kappa shape index (κ1) is 17.4. The van der Waals surface area contributed by atoms with Gasteiger partial charge in [0.05, 0.1) is 24.6 Å². The van der Waals surface area contributed by atoms with E-state index in [1.165, 1.54) is 11.1 Å². The number of nitrogens with zero attached hydrogens (tertiary/aromatic N) is 6. The van der Waals surface area contributed by atoms with E-state index in [-0.39, 0.29) is 17.9 Å². The third kappa shape index (κ3) is 3.62. The van der Waals surface area contributed by atoms with E-state index < -0.39 is 11.6 Å². The first-order chi connectivity index (χ1) is 13.1. The summed E-state index contributed by atoms with van der Waals surface area (Å²) < 4.78 is 26.4. The van der Waals surface area contributed by atoms with Crippen LogP contribution in [0.1, 0.15) is 30.9 Å². The molecule has 1 atom stereocenters. The van der Waals surface area contributed by atoms with Gasteiger partial charge in [-0.2, -0.15) is 5.10 Å². The topological polar surface area (TPSA) is 74.6 Å². The Morgan fingerprint density at radius 2 is 1.78 bits per heavy atom. The third-order valence-corrected chi connectivity index (χ3v) is 4.90. The Hall–Kier alpha value is -2.97. The van der Waals surface area contributed by atoms with E-state index in [2.05, 4.69) is 20.1 Å². The number of aromatic nitrogens is 3. The molecule has 9 heteroatoms. The Kier molecular flexibility index (Phi) is 4.74. The highest BCUT2D eigenvalue weighted by Crippen LogP contribution is 2.32. The maximum atomic E-state index is 13.5. The molecule has 1 amide bonds. The molecule has 0 saturated carbocycles. The summed E-state index contributed by atoms with van der Waals surface area (Å²) in [5.74, 6) is -0.697. The van der Waals surface area contributed by atoms with Crippen LogP contribution < -0.4 is 4.90 Å². The first-order valence-electron chi connectivity index (χ1n) is 8.80. The van der Waals surface area contributed by atoms with Crippen LogP contribution in [0.3, 0.4) is 0 Å². The zero-order chi connectivity index (χ0) is 18.8. The number of hydrogen-bond donors (Lipinski definition) is 0. The van der Waals surface area contributed by atoms with Crippen molar-refractivity contribution >= 4 is 18.1 Å². The molecule has 1 fully saturated rings. The highest BCUT2D eigenvalue weighted by atomic mass is 19.1. The molecule has 0 radical (unpaired) electrons. The molecule has 2 aromatic rings. The summed E-state index contributed by atoms with van der Waals surface area (Å²) in [5.41, 5.74) is 0.637. The lowest BCUT2D eigenvalue weighted by atomic mass is 9.94. The minimum atomic E-state index is -0.478. The summed E-state index contributed by atoms with van der Waals surface area (Å²) in [4.78, 5) is 26.7. The number of carbonyl (C=O) groups excluding carboxylic acids is 1. The normalized spacial score (nSPS) is 20.3. The lowest BCUT2D eigenvalue weighted by molar-refractivity contribution is -0.138. The van der Waals surface area contributed by atoms with Crippen molar-refractivity contribution in [3.63, 3.8) is 0 Å². The first-order valence-corrected chi connectivity index (χ1v) is 8.80. The Bertz CT molecular complexity index is 851. The second kappa shape index (κ2) is 7.34. The fourth-order valence-corrected chi connectivity index (χ4v) is 3.50. The van der Waals surface area contributed by atoms with Gasteiger partial charge in [0.15, 0.2) is 5.82 Å². The van der Waals surface area contributed by atoms with Gasteiger partial charge in [-0.3, -0.25) is 9.78 Å². The Morgan fingerprint density at radius 1 is 1.04 bits per heavy atom. The zero-order valence-electron chi connectivity index (χ0n) is 14.5. The monoisotopic (exact) mass is 372 g/mol. The van der Waals surface area contributed by atoms with E-state index in [0.717, 1.165) is 18.6 Å². The molecule has 7 nitrogen and oxygen atoms in total. The highest BCUT2D eigenvalue weighted by molar-refractivity contribution is 5.82. The molecule has 0 N–H and O–H groups in total. The second-order valence-corrected chi connectivity index (χ2v) is 6.63. The van der Waals surface area contributed by atoms with Crippen LogP contribution in [-0.2, 0) is 4.79 Å². The SMILES string of the molecule is O=C(C1CCN(c2ncc(F)cn2)CC1)N1N=CCC1c1cncc(F)c1. The van der Waals surface area contributed by atoms with Crippen molar-refractivity contribution < 1.29 is 13.6 Å². The predicted octanol–water partition coefficient (Wildman–Crippen LogP) is 2.33. The van der Waals surface area contributed by atoms with Crippen molar-refractivity contribution in [2.45, 2.75) is 25.3 Å². The molecule has 2 aliphatic rings. The molecule has 1 unspecified atom stereocenters. The molecule has 0 aliphatic carbocycles. The highest BCUT2D eigenvalue weighted by Gasteiger charge is 2.35.